The van der Waals surface area contributed by atoms with Crippen LogP contribution in [0.1, 0.15) is 34.6 Å². The van der Waals surface area contributed by atoms with Crippen molar-refractivity contribution in [3.8, 4) is 0 Å². The molecule has 0 fully saturated rings. The normalized spacial score (nSPS) is 12.9. The van der Waals surface area contributed by atoms with Crippen LogP contribution in [0.3, 0.4) is 0 Å². The number of nitrogens with zero attached hydrogens (tertiary/aromatic N) is 1. The van der Waals surface area contributed by atoms with E-state index in [2.05, 4.69) is 30.6 Å². The Morgan fingerprint density at radius 2 is 2.06 bits per heavy atom. The fourth-order valence-corrected chi connectivity index (χ4v) is 1.17. The van der Waals surface area contributed by atoms with E-state index in [0.717, 1.165) is 0 Å². The average molecular weight is 291 g/mol. The molecule has 0 saturated heterocycles. The van der Waals surface area contributed by atoms with Gasteiger partial charge in [-0.25, -0.2) is 0 Å². The van der Waals surface area contributed by atoms with Crippen molar-refractivity contribution in [3.05, 3.63) is 0 Å². The van der Waals surface area contributed by atoms with Crippen LogP contribution >= 0.6 is 0 Å². The molecule has 0 aliphatic rings. The van der Waals surface area contributed by atoms with Gasteiger partial charge in [0, 0.05) is 0 Å². The monoisotopic (exact) mass is 292 g/mol. The molecule has 0 heterocycles. The van der Waals surface area contributed by atoms with E-state index in [1.165, 1.54) is 0 Å². The fourth-order valence-electron chi connectivity index (χ4n) is 1.02. The Kier molecular flexibility index (Phi) is 6.58. The topological polar surface area (TPSA) is 50.7 Å². The van der Waals surface area contributed by atoms with Crippen LogP contribution < -0.4 is 5.32 Å². The number of hydrogen-bond acceptors (Lipinski definition) is 3. The van der Waals surface area contributed by atoms with Crippen LogP contribution in [-0.2, 0) is 4.74 Å². The van der Waals surface area contributed by atoms with Gasteiger partial charge in [-0.05, 0) is 0 Å². The van der Waals surface area contributed by atoms with Gasteiger partial charge < -0.3 is 0 Å². The maximum absolute atomic E-state index is 11.5. The molecule has 1 amide bonds. The van der Waals surface area contributed by atoms with E-state index in [1.807, 2.05) is 34.6 Å². The Morgan fingerprint density at radius 3 is 2.44 bits per heavy atom. The van der Waals surface area contributed by atoms with Crippen molar-refractivity contribution in [2.45, 2.75) is 46.3 Å². The van der Waals surface area contributed by atoms with Gasteiger partial charge in [-0.1, -0.05) is 0 Å². The van der Waals surface area contributed by atoms with E-state index < -0.39 is 11.7 Å². The molecule has 92 valence electrons. The summed E-state index contributed by atoms with van der Waals surface area (Å²) in [6.07, 6.45) is -0.401. The van der Waals surface area contributed by atoms with Gasteiger partial charge in [-0.15, -0.1) is 0 Å². The third-order valence-electron chi connectivity index (χ3n) is 1.86. The zero-order valence-electron chi connectivity index (χ0n) is 10.5. The van der Waals surface area contributed by atoms with Crippen molar-refractivity contribution in [1.82, 2.24) is 5.32 Å². The zero-order valence-corrected chi connectivity index (χ0v) is 12.2. The second-order valence-electron chi connectivity index (χ2n) is 4.93. The van der Waals surface area contributed by atoms with Gasteiger partial charge in [-0.2, -0.15) is 0 Å². The molecule has 0 bridgehead atoms. The first-order chi connectivity index (χ1) is 7.26. The van der Waals surface area contributed by atoms with Crippen molar-refractivity contribution >= 4 is 26.4 Å². The van der Waals surface area contributed by atoms with Gasteiger partial charge >= 0.3 is 105 Å². The molecule has 0 aromatic heterocycles. The molecule has 4 nitrogen and oxygen atoms in total. The van der Waals surface area contributed by atoms with Gasteiger partial charge in [0.1, 0.15) is 0 Å². The third-order valence-corrected chi connectivity index (χ3v) is 2.13. The number of amides is 1. The van der Waals surface area contributed by atoms with Crippen molar-refractivity contribution in [1.29, 1.82) is 0 Å². The predicted octanol–water partition coefficient (Wildman–Crippen LogP) is 1.61. The summed E-state index contributed by atoms with van der Waals surface area (Å²) in [6, 6.07) is -0.0318. The number of ether oxygens (including phenoxy) is 1. The zero-order chi connectivity index (χ0) is 12.8. The molecule has 0 saturated carbocycles. The summed E-state index contributed by atoms with van der Waals surface area (Å²) in [4.78, 5) is 15.5. The Hall–Kier alpha value is -0.631. The molecular weight excluding hydrogens is 271 g/mol. The predicted molar refractivity (Wildman–Crippen MR) is 66.1 cm³/mol. The van der Waals surface area contributed by atoms with Gasteiger partial charge in [-0.3, -0.25) is 0 Å². The van der Waals surface area contributed by atoms with Crippen molar-refractivity contribution in [2.75, 3.05) is 6.54 Å². The second-order valence-corrected chi connectivity index (χ2v) is 5.31. The first-order valence-corrected chi connectivity index (χ1v) is 6.15. The van der Waals surface area contributed by atoms with Crippen molar-refractivity contribution < 1.29 is 9.53 Å². The van der Waals surface area contributed by atoms with Crippen LogP contribution in [-0.4, -0.2) is 44.6 Å². The summed E-state index contributed by atoms with van der Waals surface area (Å²) in [6.45, 7) is 10.1. The van der Waals surface area contributed by atoms with E-state index in [1.54, 1.807) is 0 Å². The van der Waals surface area contributed by atoms with Crippen molar-refractivity contribution in [3.63, 3.8) is 0 Å². The van der Waals surface area contributed by atoms with Gasteiger partial charge in [0.05, 0.1) is 0 Å². The van der Waals surface area contributed by atoms with E-state index in [4.69, 9.17) is 4.74 Å². The first kappa shape index (κ1) is 15.4. The van der Waals surface area contributed by atoms with E-state index in [0.29, 0.717) is 12.5 Å². The molecule has 0 aromatic rings. The molecule has 0 aromatic carbocycles. The molecule has 0 radical (unpaired) electrons. The molecule has 5 heteroatoms. The Morgan fingerprint density at radius 1 is 1.50 bits per heavy atom. The number of rotatable bonds is 4. The van der Waals surface area contributed by atoms with E-state index >= 15 is 0 Å². The molecule has 1 unspecified atom stereocenters. The molecule has 1 atom stereocenters. The summed E-state index contributed by atoms with van der Waals surface area (Å²) in [5.41, 5.74) is -0.473. The number of carbonyl (C=O) groups is 1. The molecule has 16 heavy (non-hydrogen) atoms. The summed E-state index contributed by atoms with van der Waals surface area (Å²) in [5.74, 6) is 0.296. The molecule has 1 N–H and O–H groups in total. The number of hydrogen-bond donors (Lipinski definition) is 1. The van der Waals surface area contributed by atoms with Crippen LogP contribution in [0.2, 0.25) is 0 Å². The number of nitrogens with one attached hydrogen (secondary N) is 1. The minimum atomic E-state index is -0.473. The Balaban J connectivity index is 4.29. The molecule has 0 aliphatic carbocycles. The molecule has 0 spiro atoms. The first-order valence-electron chi connectivity index (χ1n) is 5.29. The van der Waals surface area contributed by atoms with Crippen LogP contribution in [0.4, 0.5) is 4.79 Å². The number of carbonyl (C=O) groups excluding carboxylic acids is 1. The minimum absolute atomic E-state index is 0.0318. The third kappa shape index (κ3) is 7.63. The number of alkyl carbamates (subject to hydrolysis) is 1. The Bertz CT molecular complexity index is 278. The molecule has 0 rings (SSSR count). The van der Waals surface area contributed by atoms with Gasteiger partial charge in [0.25, 0.3) is 0 Å². The van der Waals surface area contributed by atoms with Crippen LogP contribution in [0.15, 0.2) is 4.99 Å². The standard InChI is InChI=1S/C11H20N2O2Se/c1-8(2)9(6-12-7-16)13-10(14)15-11(3,4)5/h8-9H,6H2,1-5H3,(H,13,14). The summed E-state index contributed by atoms with van der Waals surface area (Å²) in [7, 11) is 0. The van der Waals surface area contributed by atoms with Gasteiger partial charge in [0.2, 0.25) is 0 Å². The Labute approximate surface area is 105 Å². The van der Waals surface area contributed by atoms with Gasteiger partial charge in [0.15, 0.2) is 0 Å². The van der Waals surface area contributed by atoms with Crippen LogP contribution in [0.25, 0.3) is 0 Å². The number of aliphatic imine (C=N–C) groups is 1. The van der Waals surface area contributed by atoms with E-state index in [9.17, 15) is 4.79 Å². The summed E-state index contributed by atoms with van der Waals surface area (Å²) >= 11 is 2.57. The van der Waals surface area contributed by atoms with Crippen LogP contribution in [0, 0.1) is 5.92 Å². The molecule has 0 aliphatic heterocycles. The second kappa shape index (κ2) is 6.85. The quantitative estimate of drug-likeness (QED) is 0.632. The maximum atomic E-state index is 11.5. The van der Waals surface area contributed by atoms with Crippen LogP contribution in [0.5, 0.6) is 0 Å². The summed E-state index contributed by atoms with van der Waals surface area (Å²) in [5, 5.41) is 2.80. The van der Waals surface area contributed by atoms with E-state index in [-0.39, 0.29) is 6.04 Å². The summed E-state index contributed by atoms with van der Waals surface area (Å²) < 4.78 is 7.76. The molecular formula is C11H20N2O2Se. The fraction of sp³-hybridized carbons (Fsp3) is 0.818. The SMILES string of the molecule is CC(C)C(CN=C=[Se])NC(=O)OC(C)(C)C. The average Bonchev–Trinajstić information content (AvgIpc) is 2.08. The van der Waals surface area contributed by atoms with Crippen molar-refractivity contribution in [2.24, 2.45) is 10.9 Å².